The van der Waals surface area contributed by atoms with Crippen molar-refractivity contribution >= 4 is 33.4 Å². The van der Waals surface area contributed by atoms with E-state index in [1.54, 1.807) is 4.90 Å². The highest BCUT2D eigenvalue weighted by molar-refractivity contribution is 9.10. The van der Waals surface area contributed by atoms with Gasteiger partial charge in [-0.25, -0.2) is 0 Å². The van der Waals surface area contributed by atoms with Gasteiger partial charge in [0, 0.05) is 41.9 Å². The molecule has 2 amide bonds. The molecule has 1 aliphatic rings. The summed E-state index contributed by atoms with van der Waals surface area (Å²) in [5.41, 5.74) is 4.02. The van der Waals surface area contributed by atoms with E-state index in [1.165, 1.54) is 0 Å². The van der Waals surface area contributed by atoms with E-state index in [0.717, 1.165) is 40.1 Å². The van der Waals surface area contributed by atoms with E-state index in [9.17, 15) is 9.59 Å². The topological polar surface area (TPSA) is 67.2 Å². The van der Waals surface area contributed by atoms with Crippen LogP contribution in [0.25, 0.3) is 0 Å². The summed E-state index contributed by atoms with van der Waals surface area (Å²) < 4.78 is 2.94. The van der Waals surface area contributed by atoms with Crippen molar-refractivity contribution in [3.05, 3.63) is 45.7 Å². The van der Waals surface area contributed by atoms with Crippen LogP contribution in [-0.2, 0) is 16.1 Å². The minimum atomic E-state index is -0.297. The summed E-state index contributed by atoms with van der Waals surface area (Å²) in [7, 11) is 0. The molecular weight excluding hydrogens is 408 g/mol. The van der Waals surface area contributed by atoms with E-state index < -0.39 is 0 Å². The Kier molecular flexibility index (Phi) is 5.99. The maximum atomic E-state index is 12.5. The molecule has 144 valence electrons. The van der Waals surface area contributed by atoms with E-state index in [4.69, 9.17) is 0 Å². The maximum Gasteiger partial charge on any atom is 0.227 e. The smallest absolute Gasteiger partial charge is 0.227 e. The summed E-state index contributed by atoms with van der Waals surface area (Å²) in [5, 5.41) is 7.39. The number of anilines is 1. The first-order chi connectivity index (χ1) is 12.8. The summed E-state index contributed by atoms with van der Waals surface area (Å²) in [4.78, 5) is 26.6. The van der Waals surface area contributed by atoms with Crippen LogP contribution in [0.3, 0.4) is 0 Å². The van der Waals surface area contributed by atoms with Crippen LogP contribution >= 0.6 is 15.9 Å². The number of amides is 2. The molecule has 1 aliphatic heterocycles. The SMILES string of the molecule is Cc1cc(C)n(CCCNC(=O)C2CC(=O)N(c3ccc(Br)cc3C)C2)n1. The molecule has 0 spiro atoms. The number of benzene rings is 1. The first-order valence-electron chi connectivity index (χ1n) is 9.20. The number of rotatable bonds is 6. The molecule has 1 saturated heterocycles. The van der Waals surface area contributed by atoms with Gasteiger partial charge in [-0.1, -0.05) is 15.9 Å². The monoisotopic (exact) mass is 432 g/mol. The number of carbonyl (C=O) groups excluding carboxylic acids is 2. The zero-order valence-corrected chi connectivity index (χ0v) is 17.5. The van der Waals surface area contributed by atoms with Crippen LogP contribution in [0.1, 0.15) is 29.8 Å². The van der Waals surface area contributed by atoms with Crippen molar-refractivity contribution in [3.63, 3.8) is 0 Å². The Morgan fingerprint density at radius 1 is 1.30 bits per heavy atom. The van der Waals surface area contributed by atoms with E-state index in [-0.39, 0.29) is 24.2 Å². The highest BCUT2D eigenvalue weighted by atomic mass is 79.9. The fourth-order valence-corrected chi connectivity index (χ4v) is 4.00. The minimum Gasteiger partial charge on any atom is -0.356 e. The molecule has 0 radical (unpaired) electrons. The summed E-state index contributed by atoms with van der Waals surface area (Å²) >= 11 is 3.44. The van der Waals surface area contributed by atoms with Gasteiger partial charge in [0.2, 0.25) is 11.8 Å². The van der Waals surface area contributed by atoms with Crippen molar-refractivity contribution in [2.75, 3.05) is 18.0 Å². The normalized spacial score (nSPS) is 16.8. The van der Waals surface area contributed by atoms with Crippen LogP contribution in [0.15, 0.2) is 28.7 Å². The second-order valence-electron chi connectivity index (χ2n) is 7.13. The van der Waals surface area contributed by atoms with Crippen molar-refractivity contribution in [2.45, 2.75) is 40.2 Å². The third kappa shape index (κ3) is 4.58. The average Bonchev–Trinajstić information content (AvgIpc) is 3.13. The number of nitrogens with one attached hydrogen (secondary N) is 1. The fraction of sp³-hybridized carbons (Fsp3) is 0.450. The van der Waals surface area contributed by atoms with Gasteiger partial charge in [0.05, 0.1) is 11.6 Å². The Balaban J connectivity index is 1.51. The highest BCUT2D eigenvalue weighted by Gasteiger charge is 2.35. The van der Waals surface area contributed by atoms with E-state index >= 15 is 0 Å². The van der Waals surface area contributed by atoms with Crippen molar-refractivity contribution < 1.29 is 9.59 Å². The molecule has 2 aromatic rings. The largest absolute Gasteiger partial charge is 0.356 e. The quantitative estimate of drug-likeness (QED) is 0.712. The van der Waals surface area contributed by atoms with E-state index in [1.807, 2.05) is 49.7 Å². The van der Waals surface area contributed by atoms with Gasteiger partial charge in [0.25, 0.3) is 0 Å². The molecule has 1 N–H and O–H groups in total. The molecule has 0 saturated carbocycles. The Bertz CT molecular complexity index is 862. The van der Waals surface area contributed by atoms with Gasteiger partial charge in [-0.15, -0.1) is 0 Å². The van der Waals surface area contributed by atoms with E-state index in [2.05, 4.69) is 26.3 Å². The Morgan fingerprint density at radius 3 is 2.74 bits per heavy atom. The lowest BCUT2D eigenvalue weighted by Gasteiger charge is -2.19. The number of hydrogen-bond donors (Lipinski definition) is 1. The number of aromatic nitrogens is 2. The van der Waals surface area contributed by atoms with Crippen LogP contribution < -0.4 is 10.2 Å². The molecule has 1 atom stereocenters. The predicted molar refractivity (Wildman–Crippen MR) is 109 cm³/mol. The number of halogens is 1. The van der Waals surface area contributed by atoms with Gasteiger partial charge in [-0.05, 0) is 57.0 Å². The molecule has 1 aromatic carbocycles. The van der Waals surface area contributed by atoms with Gasteiger partial charge >= 0.3 is 0 Å². The van der Waals surface area contributed by atoms with Crippen LogP contribution in [0.4, 0.5) is 5.69 Å². The predicted octanol–water partition coefficient (Wildman–Crippen LogP) is 3.13. The zero-order chi connectivity index (χ0) is 19.6. The first-order valence-corrected chi connectivity index (χ1v) is 9.99. The number of hydrogen-bond acceptors (Lipinski definition) is 3. The van der Waals surface area contributed by atoms with Crippen LogP contribution in [0, 0.1) is 26.7 Å². The van der Waals surface area contributed by atoms with Crippen LogP contribution in [0.2, 0.25) is 0 Å². The molecule has 27 heavy (non-hydrogen) atoms. The molecule has 7 heteroatoms. The van der Waals surface area contributed by atoms with Crippen molar-refractivity contribution in [2.24, 2.45) is 5.92 Å². The van der Waals surface area contributed by atoms with E-state index in [0.29, 0.717) is 13.1 Å². The van der Waals surface area contributed by atoms with Crippen molar-refractivity contribution in [1.82, 2.24) is 15.1 Å². The molecule has 0 bridgehead atoms. The third-order valence-electron chi connectivity index (χ3n) is 4.89. The second-order valence-corrected chi connectivity index (χ2v) is 8.05. The standard InChI is InChI=1S/C20H25BrN4O2/c1-13-9-17(21)5-6-18(13)24-12-16(11-19(24)26)20(27)22-7-4-8-25-15(3)10-14(2)23-25/h5-6,9-10,16H,4,7-8,11-12H2,1-3H3,(H,22,27). The molecule has 1 unspecified atom stereocenters. The molecule has 1 aromatic heterocycles. The van der Waals surface area contributed by atoms with Gasteiger partial charge in [-0.2, -0.15) is 5.10 Å². The molecule has 0 aliphatic carbocycles. The molecule has 3 rings (SSSR count). The number of aryl methyl sites for hydroxylation is 4. The summed E-state index contributed by atoms with van der Waals surface area (Å²) in [5.74, 6) is -0.341. The lowest BCUT2D eigenvalue weighted by Crippen LogP contribution is -2.34. The Hall–Kier alpha value is -2.15. The molecule has 1 fully saturated rings. The molecular formula is C20H25BrN4O2. The van der Waals surface area contributed by atoms with Crippen LogP contribution in [-0.4, -0.2) is 34.7 Å². The summed E-state index contributed by atoms with van der Waals surface area (Å²) in [6.07, 6.45) is 1.07. The lowest BCUT2D eigenvalue weighted by molar-refractivity contribution is -0.126. The van der Waals surface area contributed by atoms with Crippen molar-refractivity contribution in [1.29, 1.82) is 0 Å². The maximum absolute atomic E-state index is 12.5. The van der Waals surface area contributed by atoms with Crippen molar-refractivity contribution in [3.8, 4) is 0 Å². The molecule has 2 heterocycles. The zero-order valence-electron chi connectivity index (χ0n) is 16.0. The Morgan fingerprint density at radius 2 is 2.07 bits per heavy atom. The van der Waals surface area contributed by atoms with Gasteiger partial charge < -0.3 is 10.2 Å². The Labute approximate surface area is 168 Å². The highest BCUT2D eigenvalue weighted by Crippen LogP contribution is 2.29. The minimum absolute atomic E-state index is 0.00298. The third-order valence-corrected chi connectivity index (χ3v) is 5.39. The van der Waals surface area contributed by atoms with Gasteiger partial charge in [-0.3, -0.25) is 14.3 Å². The average molecular weight is 433 g/mol. The summed E-state index contributed by atoms with van der Waals surface area (Å²) in [6, 6.07) is 7.87. The summed E-state index contributed by atoms with van der Waals surface area (Å²) in [6.45, 7) is 7.76. The number of nitrogens with zero attached hydrogens (tertiary/aromatic N) is 3. The van der Waals surface area contributed by atoms with Crippen LogP contribution in [0.5, 0.6) is 0 Å². The number of carbonyl (C=O) groups is 2. The first kappa shape index (κ1) is 19.6. The van der Waals surface area contributed by atoms with Gasteiger partial charge in [0.1, 0.15) is 0 Å². The molecule has 6 nitrogen and oxygen atoms in total. The fourth-order valence-electron chi connectivity index (χ4n) is 3.52. The van der Waals surface area contributed by atoms with Gasteiger partial charge in [0.15, 0.2) is 0 Å². The lowest BCUT2D eigenvalue weighted by atomic mass is 10.1. The second kappa shape index (κ2) is 8.25.